The van der Waals surface area contributed by atoms with E-state index in [1.807, 2.05) is 54.6 Å². The second-order valence-electron chi connectivity index (χ2n) is 5.92. The minimum atomic E-state index is -3.09. The maximum Gasteiger partial charge on any atom is 0.211 e. The molecule has 5 nitrogen and oxygen atoms in total. The molecule has 0 spiro atoms. The van der Waals surface area contributed by atoms with Gasteiger partial charge in [-0.25, -0.2) is 8.42 Å². The van der Waals surface area contributed by atoms with Gasteiger partial charge in [-0.2, -0.15) is 4.31 Å². The van der Waals surface area contributed by atoms with E-state index in [1.54, 1.807) is 0 Å². The number of piperazine rings is 1. The molecule has 0 saturated carbocycles. The molecular weight excluding hydrogens is 324 g/mol. The Bertz CT molecular complexity index is 753. The van der Waals surface area contributed by atoms with Crippen LogP contribution < -0.4 is 9.64 Å². The summed E-state index contributed by atoms with van der Waals surface area (Å²) < 4.78 is 30.4. The average molecular weight is 346 g/mol. The third-order valence-electron chi connectivity index (χ3n) is 4.16. The lowest BCUT2D eigenvalue weighted by Crippen LogP contribution is -2.48. The highest BCUT2D eigenvalue weighted by Crippen LogP contribution is 2.22. The number of sulfonamides is 1. The molecule has 1 saturated heterocycles. The van der Waals surface area contributed by atoms with Crippen LogP contribution >= 0.6 is 0 Å². The van der Waals surface area contributed by atoms with Crippen molar-refractivity contribution in [3.63, 3.8) is 0 Å². The summed E-state index contributed by atoms with van der Waals surface area (Å²) in [7, 11) is -3.09. The third kappa shape index (κ3) is 4.27. The van der Waals surface area contributed by atoms with Gasteiger partial charge in [0.2, 0.25) is 10.0 Å². The summed E-state index contributed by atoms with van der Waals surface area (Å²) in [6.45, 7) is 3.03. The maximum atomic E-state index is 11.6. The Morgan fingerprint density at radius 2 is 1.54 bits per heavy atom. The van der Waals surface area contributed by atoms with Gasteiger partial charge in [-0.05, 0) is 29.8 Å². The number of benzene rings is 2. The van der Waals surface area contributed by atoms with Crippen LogP contribution in [0.3, 0.4) is 0 Å². The Hall–Kier alpha value is -2.05. The molecule has 0 atom stereocenters. The summed E-state index contributed by atoms with van der Waals surface area (Å²) in [5, 5.41) is 0. The minimum absolute atomic E-state index is 0.533. The fraction of sp³-hybridized carbons (Fsp3) is 0.333. The van der Waals surface area contributed by atoms with Crippen LogP contribution in [0.5, 0.6) is 5.75 Å². The van der Waals surface area contributed by atoms with Gasteiger partial charge in [0.05, 0.1) is 6.26 Å². The van der Waals surface area contributed by atoms with Crippen LogP contribution in [0.25, 0.3) is 0 Å². The van der Waals surface area contributed by atoms with E-state index in [0.29, 0.717) is 32.8 Å². The van der Waals surface area contributed by atoms with Crippen LogP contribution in [0.15, 0.2) is 54.6 Å². The summed E-state index contributed by atoms with van der Waals surface area (Å²) in [5.74, 6) is 0.831. The maximum absolute atomic E-state index is 11.6. The SMILES string of the molecule is CS(=O)(=O)N1CCN(c2ccc(OCc3ccccc3)cc2)CC1. The van der Waals surface area contributed by atoms with E-state index in [9.17, 15) is 8.42 Å². The first-order valence-corrected chi connectivity index (χ1v) is 9.84. The van der Waals surface area contributed by atoms with Gasteiger partial charge in [0.1, 0.15) is 12.4 Å². The number of nitrogens with zero attached hydrogens (tertiary/aromatic N) is 2. The molecule has 128 valence electrons. The van der Waals surface area contributed by atoms with Crippen molar-refractivity contribution in [1.29, 1.82) is 0 Å². The van der Waals surface area contributed by atoms with Crippen molar-refractivity contribution >= 4 is 15.7 Å². The number of hydrogen-bond acceptors (Lipinski definition) is 4. The molecule has 1 aliphatic heterocycles. The molecule has 0 N–H and O–H groups in total. The molecular formula is C18H22N2O3S. The van der Waals surface area contributed by atoms with Gasteiger partial charge in [0.15, 0.2) is 0 Å². The van der Waals surface area contributed by atoms with Gasteiger partial charge in [0, 0.05) is 31.9 Å². The van der Waals surface area contributed by atoms with Gasteiger partial charge in [-0.15, -0.1) is 0 Å². The van der Waals surface area contributed by atoms with Crippen molar-refractivity contribution in [2.45, 2.75) is 6.61 Å². The minimum Gasteiger partial charge on any atom is -0.489 e. The summed E-state index contributed by atoms with van der Waals surface area (Å²) in [4.78, 5) is 2.20. The summed E-state index contributed by atoms with van der Waals surface area (Å²) in [6, 6.07) is 18.0. The van der Waals surface area contributed by atoms with Crippen molar-refractivity contribution in [3.8, 4) is 5.75 Å². The molecule has 0 aliphatic carbocycles. The smallest absolute Gasteiger partial charge is 0.211 e. The standard InChI is InChI=1S/C18H22N2O3S/c1-24(21,22)20-13-11-19(12-14-20)17-7-9-18(10-8-17)23-15-16-5-3-2-4-6-16/h2-10H,11-15H2,1H3. The zero-order chi connectivity index (χ0) is 17.0. The van der Waals surface area contributed by atoms with Crippen molar-refractivity contribution in [2.24, 2.45) is 0 Å². The Morgan fingerprint density at radius 1 is 0.917 bits per heavy atom. The highest BCUT2D eigenvalue weighted by atomic mass is 32.2. The van der Waals surface area contributed by atoms with Gasteiger partial charge < -0.3 is 9.64 Å². The summed E-state index contributed by atoms with van der Waals surface area (Å²) >= 11 is 0. The van der Waals surface area contributed by atoms with E-state index in [4.69, 9.17) is 4.74 Å². The Morgan fingerprint density at radius 3 is 2.12 bits per heavy atom. The predicted molar refractivity (Wildman–Crippen MR) is 95.8 cm³/mol. The molecule has 1 heterocycles. The van der Waals surface area contributed by atoms with E-state index < -0.39 is 10.0 Å². The highest BCUT2D eigenvalue weighted by Gasteiger charge is 2.23. The van der Waals surface area contributed by atoms with Crippen LogP contribution in [-0.2, 0) is 16.6 Å². The van der Waals surface area contributed by atoms with Crippen molar-refractivity contribution in [3.05, 3.63) is 60.2 Å². The Labute approximate surface area is 143 Å². The van der Waals surface area contributed by atoms with E-state index in [-0.39, 0.29) is 0 Å². The molecule has 0 amide bonds. The van der Waals surface area contributed by atoms with Crippen LogP contribution in [-0.4, -0.2) is 45.2 Å². The number of anilines is 1. The topological polar surface area (TPSA) is 49.9 Å². The van der Waals surface area contributed by atoms with Gasteiger partial charge in [-0.3, -0.25) is 0 Å². The zero-order valence-electron chi connectivity index (χ0n) is 13.8. The second-order valence-corrected chi connectivity index (χ2v) is 7.90. The van der Waals surface area contributed by atoms with E-state index >= 15 is 0 Å². The van der Waals surface area contributed by atoms with Crippen molar-refractivity contribution in [2.75, 3.05) is 37.3 Å². The molecule has 24 heavy (non-hydrogen) atoms. The normalized spacial score (nSPS) is 16.1. The first-order chi connectivity index (χ1) is 11.5. The van der Waals surface area contributed by atoms with E-state index in [2.05, 4.69) is 4.90 Å². The zero-order valence-corrected chi connectivity index (χ0v) is 14.6. The molecule has 0 bridgehead atoms. The number of ether oxygens (including phenoxy) is 1. The fourth-order valence-electron chi connectivity index (χ4n) is 2.77. The fourth-order valence-corrected chi connectivity index (χ4v) is 3.60. The molecule has 2 aromatic rings. The predicted octanol–water partition coefficient (Wildman–Crippen LogP) is 2.35. The number of rotatable bonds is 5. The lowest BCUT2D eigenvalue weighted by atomic mass is 10.2. The van der Waals surface area contributed by atoms with Crippen molar-refractivity contribution in [1.82, 2.24) is 4.31 Å². The average Bonchev–Trinajstić information content (AvgIpc) is 2.61. The lowest BCUT2D eigenvalue weighted by molar-refractivity contribution is 0.306. The Kier molecular flexibility index (Phi) is 5.06. The third-order valence-corrected chi connectivity index (χ3v) is 5.46. The van der Waals surface area contributed by atoms with E-state index in [0.717, 1.165) is 17.0 Å². The lowest BCUT2D eigenvalue weighted by Gasteiger charge is -2.34. The largest absolute Gasteiger partial charge is 0.489 e. The molecule has 0 radical (unpaired) electrons. The van der Waals surface area contributed by atoms with Crippen LogP contribution in [0.4, 0.5) is 5.69 Å². The van der Waals surface area contributed by atoms with Gasteiger partial charge in [0.25, 0.3) is 0 Å². The highest BCUT2D eigenvalue weighted by molar-refractivity contribution is 7.88. The molecule has 2 aromatic carbocycles. The molecule has 1 aliphatic rings. The van der Waals surface area contributed by atoms with Crippen LogP contribution in [0.2, 0.25) is 0 Å². The first-order valence-electron chi connectivity index (χ1n) is 7.99. The Balaban J connectivity index is 1.55. The molecule has 0 unspecified atom stereocenters. The molecule has 0 aromatic heterocycles. The van der Waals surface area contributed by atoms with Gasteiger partial charge >= 0.3 is 0 Å². The molecule has 3 rings (SSSR count). The number of hydrogen-bond donors (Lipinski definition) is 0. The first kappa shape index (κ1) is 16.8. The molecule has 1 fully saturated rings. The summed E-state index contributed by atoms with van der Waals surface area (Å²) in [6.07, 6.45) is 1.27. The van der Waals surface area contributed by atoms with Gasteiger partial charge in [-0.1, -0.05) is 30.3 Å². The van der Waals surface area contributed by atoms with E-state index in [1.165, 1.54) is 10.6 Å². The van der Waals surface area contributed by atoms with Crippen LogP contribution in [0, 0.1) is 0 Å². The quantitative estimate of drug-likeness (QED) is 0.834. The molecule has 6 heteroatoms. The second kappa shape index (κ2) is 7.23. The van der Waals surface area contributed by atoms with Crippen LogP contribution in [0.1, 0.15) is 5.56 Å². The van der Waals surface area contributed by atoms with Crippen molar-refractivity contribution < 1.29 is 13.2 Å². The monoisotopic (exact) mass is 346 g/mol. The summed E-state index contributed by atoms with van der Waals surface area (Å²) in [5.41, 5.74) is 2.23.